The summed E-state index contributed by atoms with van der Waals surface area (Å²) in [7, 11) is 0. The smallest absolute Gasteiger partial charge is 0.181 e. The Labute approximate surface area is 86.7 Å². The summed E-state index contributed by atoms with van der Waals surface area (Å²) in [6.45, 7) is 1.19. The molecule has 1 heterocycles. The predicted octanol–water partition coefficient (Wildman–Crippen LogP) is 0.782. The van der Waals surface area contributed by atoms with Crippen LogP contribution in [0, 0.1) is 0 Å². The molecule has 0 spiro atoms. The van der Waals surface area contributed by atoms with Crippen LogP contribution >= 0.6 is 11.3 Å². The van der Waals surface area contributed by atoms with Gasteiger partial charge in [-0.3, -0.25) is 0 Å². The summed E-state index contributed by atoms with van der Waals surface area (Å²) < 4.78 is 1.15. The van der Waals surface area contributed by atoms with Crippen LogP contribution in [0.3, 0.4) is 0 Å². The summed E-state index contributed by atoms with van der Waals surface area (Å²) in [6, 6.07) is 7.92. The first kappa shape index (κ1) is 10.9. The van der Waals surface area contributed by atoms with E-state index < -0.39 is 0 Å². The SMILES string of the molecule is NCCN.Nc1nc2ccccc2s1. The number of hydrogen-bond donors (Lipinski definition) is 3. The number of anilines is 1. The zero-order valence-electron chi connectivity index (χ0n) is 7.81. The Morgan fingerprint density at radius 2 is 1.79 bits per heavy atom. The molecule has 2 aromatic rings. The van der Waals surface area contributed by atoms with Gasteiger partial charge in [-0.1, -0.05) is 23.5 Å². The van der Waals surface area contributed by atoms with Crippen LogP contribution in [0.15, 0.2) is 24.3 Å². The lowest BCUT2D eigenvalue weighted by Gasteiger charge is -1.80. The summed E-state index contributed by atoms with van der Waals surface area (Å²) in [5.74, 6) is 0. The van der Waals surface area contributed by atoms with Gasteiger partial charge in [0.2, 0.25) is 0 Å². The van der Waals surface area contributed by atoms with Crippen LogP contribution in [0.4, 0.5) is 5.13 Å². The van der Waals surface area contributed by atoms with E-state index in [4.69, 9.17) is 17.2 Å². The zero-order valence-corrected chi connectivity index (χ0v) is 8.63. The number of thiazole rings is 1. The van der Waals surface area contributed by atoms with Crippen molar-refractivity contribution in [3.05, 3.63) is 24.3 Å². The molecule has 14 heavy (non-hydrogen) atoms. The van der Waals surface area contributed by atoms with Gasteiger partial charge in [-0.25, -0.2) is 4.98 Å². The molecule has 0 radical (unpaired) electrons. The van der Waals surface area contributed by atoms with Gasteiger partial charge in [0, 0.05) is 13.1 Å². The van der Waals surface area contributed by atoms with Crippen LogP contribution in [-0.2, 0) is 0 Å². The van der Waals surface area contributed by atoms with Crippen LogP contribution in [-0.4, -0.2) is 18.1 Å². The third-order valence-corrected chi connectivity index (χ3v) is 2.34. The maximum Gasteiger partial charge on any atom is 0.181 e. The van der Waals surface area contributed by atoms with Crippen LogP contribution in [0.5, 0.6) is 0 Å². The van der Waals surface area contributed by atoms with Crippen molar-refractivity contribution in [1.29, 1.82) is 0 Å². The van der Waals surface area contributed by atoms with Gasteiger partial charge >= 0.3 is 0 Å². The highest BCUT2D eigenvalue weighted by atomic mass is 32.1. The molecule has 1 aromatic heterocycles. The Morgan fingerprint density at radius 3 is 2.36 bits per heavy atom. The van der Waals surface area contributed by atoms with E-state index in [-0.39, 0.29) is 0 Å². The number of nitrogens with zero attached hydrogens (tertiary/aromatic N) is 1. The molecule has 6 N–H and O–H groups in total. The van der Waals surface area contributed by atoms with Crippen LogP contribution in [0.1, 0.15) is 0 Å². The second-order valence-corrected chi connectivity index (χ2v) is 3.66. The molecule has 0 aliphatic carbocycles. The quantitative estimate of drug-likeness (QED) is 0.648. The third-order valence-electron chi connectivity index (χ3n) is 1.48. The zero-order chi connectivity index (χ0) is 10.4. The molecule has 1 aromatic carbocycles. The minimum Gasteiger partial charge on any atom is -0.375 e. The lowest BCUT2D eigenvalue weighted by atomic mass is 10.3. The van der Waals surface area contributed by atoms with Crippen molar-refractivity contribution in [2.75, 3.05) is 18.8 Å². The van der Waals surface area contributed by atoms with Crippen molar-refractivity contribution in [2.45, 2.75) is 0 Å². The number of hydrogen-bond acceptors (Lipinski definition) is 5. The lowest BCUT2D eigenvalue weighted by molar-refractivity contribution is 0.976. The summed E-state index contributed by atoms with van der Waals surface area (Å²) in [4.78, 5) is 4.11. The van der Waals surface area contributed by atoms with Gasteiger partial charge in [-0.05, 0) is 12.1 Å². The maximum absolute atomic E-state index is 5.50. The van der Waals surface area contributed by atoms with Crippen LogP contribution in [0.25, 0.3) is 10.2 Å². The van der Waals surface area contributed by atoms with E-state index in [1.54, 1.807) is 0 Å². The van der Waals surface area contributed by atoms with Crippen molar-refractivity contribution in [1.82, 2.24) is 4.98 Å². The number of nitrogens with two attached hydrogens (primary N) is 3. The van der Waals surface area contributed by atoms with Crippen LogP contribution < -0.4 is 17.2 Å². The molecule has 0 aliphatic heterocycles. The number of aromatic nitrogens is 1. The van der Waals surface area contributed by atoms with Crippen molar-refractivity contribution in [2.24, 2.45) is 11.5 Å². The Bertz CT molecular complexity index is 350. The van der Waals surface area contributed by atoms with E-state index in [1.807, 2.05) is 24.3 Å². The monoisotopic (exact) mass is 210 g/mol. The highest BCUT2D eigenvalue weighted by molar-refractivity contribution is 7.22. The van der Waals surface area contributed by atoms with Gasteiger partial charge in [0.05, 0.1) is 10.2 Å². The highest BCUT2D eigenvalue weighted by Crippen LogP contribution is 2.22. The number of benzene rings is 1. The third kappa shape index (κ3) is 2.95. The molecule has 0 unspecified atom stereocenters. The average Bonchev–Trinajstić information content (AvgIpc) is 2.58. The van der Waals surface area contributed by atoms with Gasteiger partial charge in [-0.2, -0.15) is 0 Å². The Hall–Kier alpha value is -1.17. The molecule has 0 atom stereocenters. The summed E-state index contributed by atoms with van der Waals surface area (Å²) in [6.07, 6.45) is 0. The fourth-order valence-corrected chi connectivity index (χ4v) is 1.62. The second kappa shape index (κ2) is 5.54. The molecule has 0 fully saturated rings. The molecule has 0 aliphatic rings. The topological polar surface area (TPSA) is 91.0 Å². The van der Waals surface area contributed by atoms with Gasteiger partial charge in [0.25, 0.3) is 0 Å². The lowest BCUT2D eigenvalue weighted by Crippen LogP contribution is -2.11. The predicted molar refractivity (Wildman–Crippen MR) is 62.1 cm³/mol. The maximum atomic E-state index is 5.50. The molecular formula is C9H14N4S. The highest BCUT2D eigenvalue weighted by Gasteiger charge is 1.96. The first-order chi connectivity index (χ1) is 6.77. The van der Waals surface area contributed by atoms with Crippen molar-refractivity contribution in [3.8, 4) is 0 Å². The summed E-state index contributed by atoms with van der Waals surface area (Å²) >= 11 is 1.52. The largest absolute Gasteiger partial charge is 0.375 e. The number of para-hydroxylation sites is 1. The van der Waals surface area contributed by atoms with Gasteiger partial charge in [0.15, 0.2) is 5.13 Å². The minimum absolute atomic E-state index is 0.597. The summed E-state index contributed by atoms with van der Waals surface area (Å²) in [5.41, 5.74) is 16.3. The number of rotatable bonds is 1. The number of nitrogen functional groups attached to an aromatic ring is 1. The Balaban J connectivity index is 0.000000213. The van der Waals surface area contributed by atoms with Crippen molar-refractivity contribution in [3.63, 3.8) is 0 Å². The first-order valence-corrected chi connectivity index (χ1v) is 5.10. The molecule has 0 saturated carbocycles. The van der Waals surface area contributed by atoms with Gasteiger partial charge in [-0.15, -0.1) is 0 Å². The molecular weight excluding hydrogens is 196 g/mol. The van der Waals surface area contributed by atoms with Gasteiger partial charge < -0.3 is 17.2 Å². The van der Waals surface area contributed by atoms with Crippen molar-refractivity contribution >= 4 is 26.7 Å². The molecule has 0 saturated heterocycles. The van der Waals surface area contributed by atoms with E-state index in [2.05, 4.69) is 4.98 Å². The first-order valence-electron chi connectivity index (χ1n) is 4.29. The van der Waals surface area contributed by atoms with Gasteiger partial charge in [0.1, 0.15) is 0 Å². The fourth-order valence-electron chi connectivity index (χ4n) is 0.890. The normalized spacial score (nSPS) is 9.57. The van der Waals surface area contributed by atoms with E-state index in [0.717, 1.165) is 10.2 Å². The minimum atomic E-state index is 0.597. The Morgan fingerprint density at radius 1 is 1.14 bits per heavy atom. The fraction of sp³-hybridized carbons (Fsp3) is 0.222. The number of fused-ring (bicyclic) bond motifs is 1. The molecule has 0 bridgehead atoms. The van der Waals surface area contributed by atoms with E-state index in [9.17, 15) is 0 Å². The van der Waals surface area contributed by atoms with E-state index >= 15 is 0 Å². The average molecular weight is 210 g/mol. The van der Waals surface area contributed by atoms with Crippen LogP contribution in [0.2, 0.25) is 0 Å². The standard InChI is InChI=1S/C7H6N2S.C2H8N2/c8-7-9-5-3-1-2-4-6(5)10-7;3-1-2-4/h1-4H,(H2,8,9);1-4H2. The second-order valence-electron chi connectivity index (χ2n) is 2.60. The molecule has 4 nitrogen and oxygen atoms in total. The molecule has 5 heteroatoms. The molecule has 0 amide bonds. The Kier molecular flexibility index (Phi) is 4.31. The van der Waals surface area contributed by atoms with Crippen molar-refractivity contribution < 1.29 is 0 Å². The van der Waals surface area contributed by atoms with E-state index in [1.165, 1.54) is 11.3 Å². The van der Waals surface area contributed by atoms with E-state index in [0.29, 0.717) is 18.2 Å². The molecule has 2 rings (SSSR count). The summed E-state index contributed by atoms with van der Waals surface area (Å²) in [5, 5.41) is 0.640. The molecule has 76 valence electrons.